The van der Waals surface area contributed by atoms with Crippen LogP contribution in [0.25, 0.3) is 0 Å². The molecule has 0 aliphatic carbocycles. The Hall–Kier alpha value is -0.610. The smallest absolute Gasteiger partial charge is 0.326 e. The summed E-state index contributed by atoms with van der Waals surface area (Å²) in [7, 11) is 0. The van der Waals surface area contributed by atoms with Gasteiger partial charge in [-0.2, -0.15) is 0 Å². The summed E-state index contributed by atoms with van der Waals surface area (Å²) in [6, 6.07) is 0. The number of piperidine rings is 1. The van der Waals surface area contributed by atoms with Crippen LogP contribution in [-0.2, 0) is 9.53 Å². The summed E-state index contributed by atoms with van der Waals surface area (Å²) >= 11 is 0. The molecule has 1 rings (SSSR count). The Kier molecular flexibility index (Phi) is 7.52. The third-order valence-electron chi connectivity index (χ3n) is 4.51. The number of nitrogens with one attached hydrogen (secondary N) is 1. The van der Waals surface area contributed by atoms with E-state index in [1.165, 1.54) is 32.4 Å². The summed E-state index contributed by atoms with van der Waals surface area (Å²) in [4.78, 5) is 14.6. The number of hydrogen-bond acceptors (Lipinski definition) is 4. The molecule has 0 amide bonds. The molecule has 1 aliphatic heterocycles. The van der Waals surface area contributed by atoms with Gasteiger partial charge in [0.05, 0.1) is 6.61 Å². The molecule has 1 fully saturated rings. The Labute approximate surface area is 124 Å². The number of likely N-dealkylation sites (N-methyl/N-ethyl adjacent to an activating group) is 1. The highest BCUT2D eigenvalue weighted by Gasteiger charge is 2.34. The van der Waals surface area contributed by atoms with Gasteiger partial charge >= 0.3 is 5.97 Å². The van der Waals surface area contributed by atoms with Gasteiger partial charge in [-0.1, -0.05) is 20.3 Å². The van der Waals surface area contributed by atoms with Crippen molar-refractivity contribution in [1.82, 2.24) is 10.2 Å². The number of ether oxygens (including phenoxy) is 1. The van der Waals surface area contributed by atoms with E-state index in [1.807, 2.05) is 20.8 Å². The van der Waals surface area contributed by atoms with E-state index in [0.717, 1.165) is 25.4 Å². The number of hydrogen-bond donors (Lipinski definition) is 1. The monoisotopic (exact) mass is 284 g/mol. The van der Waals surface area contributed by atoms with Gasteiger partial charge in [-0.3, -0.25) is 4.79 Å². The average molecular weight is 284 g/mol. The van der Waals surface area contributed by atoms with Crippen molar-refractivity contribution < 1.29 is 9.53 Å². The van der Waals surface area contributed by atoms with Crippen LogP contribution in [0.4, 0.5) is 0 Å². The fraction of sp³-hybridized carbons (Fsp3) is 0.938. The minimum absolute atomic E-state index is 0.120. The molecule has 1 saturated heterocycles. The maximum Gasteiger partial charge on any atom is 0.326 e. The lowest BCUT2D eigenvalue weighted by Crippen LogP contribution is -2.52. The van der Waals surface area contributed by atoms with Gasteiger partial charge < -0.3 is 15.0 Å². The third-order valence-corrected chi connectivity index (χ3v) is 4.51. The first kappa shape index (κ1) is 17.4. The van der Waals surface area contributed by atoms with Crippen LogP contribution >= 0.6 is 0 Å². The molecule has 118 valence electrons. The molecule has 1 aliphatic rings. The van der Waals surface area contributed by atoms with Crippen molar-refractivity contribution in [2.24, 2.45) is 5.92 Å². The van der Waals surface area contributed by atoms with Gasteiger partial charge in [0, 0.05) is 6.54 Å². The molecule has 0 aromatic heterocycles. The van der Waals surface area contributed by atoms with Gasteiger partial charge in [0.15, 0.2) is 0 Å². The molecule has 20 heavy (non-hydrogen) atoms. The second-order valence-corrected chi connectivity index (χ2v) is 6.03. The summed E-state index contributed by atoms with van der Waals surface area (Å²) in [5.74, 6) is 0.779. The second-order valence-electron chi connectivity index (χ2n) is 6.03. The summed E-state index contributed by atoms with van der Waals surface area (Å²) < 4.78 is 5.21. The summed E-state index contributed by atoms with van der Waals surface area (Å²) in [6.07, 6.45) is 4.71. The van der Waals surface area contributed by atoms with Crippen LogP contribution in [0, 0.1) is 5.92 Å². The van der Waals surface area contributed by atoms with Crippen LogP contribution < -0.4 is 5.32 Å². The van der Waals surface area contributed by atoms with Crippen LogP contribution in [0.3, 0.4) is 0 Å². The minimum atomic E-state index is -0.549. The summed E-state index contributed by atoms with van der Waals surface area (Å²) in [6.45, 7) is 12.7. The van der Waals surface area contributed by atoms with Crippen molar-refractivity contribution in [2.45, 2.75) is 58.9 Å². The molecule has 1 unspecified atom stereocenters. The Morgan fingerprint density at radius 2 is 1.95 bits per heavy atom. The molecule has 0 aromatic carbocycles. The SMILES string of the molecule is CCNC(C)(CCN1CCC(CC)CC1)C(=O)OCC. The first-order chi connectivity index (χ1) is 9.55. The van der Waals surface area contributed by atoms with Crippen molar-refractivity contribution in [2.75, 3.05) is 32.8 Å². The van der Waals surface area contributed by atoms with E-state index in [4.69, 9.17) is 4.74 Å². The van der Waals surface area contributed by atoms with Crippen molar-refractivity contribution in [3.63, 3.8) is 0 Å². The normalized spacial score (nSPS) is 20.6. The van der Waals surface area contributed by atoms with Crippen LogP contribution in [0.5, 0.6) is 0 Å². The average Bonchev–Trinajstić information content (AvgIpc) is 2.46. The molecule has 0 radical (unpaired) electrons. The standard InChI is InChI=1S/C16H32N2O2/c1-5-14-8-11-18(12-9-14)13-10-16(4,17-6-2)15(19)20-7-3/h14,17H,5-13H2,1-4H3. The lowest BCUT2D eigenvalue weighted by Gasteiger charge is -2.35. The number of carbonyl (C=O) groups excluding carboxylic acids is 1. The highest BCUT2D eigenvalue weighted by atomic mass is 16.5. The Balaban J connectivity index is 2.44. The maximum absolute atomic E-state index is 12.1. The van der Waals surface area contributed by atoms with E-state index in [0.29, 0.717) is 6.61 Å². The van der Waals surface area contributed by atoms with Crippen molar-refractivity contribution in [3.8, 4) is 0 Å². The predicted octanol–water partition coefficient (Wildman–Crippen LogP) is 2.43. The molecular weight excluding hydrogens is 252 g/mol. The van der Waals surface area contributed by atoms with Gasteiger partial charge in [0.25, 0.3) is 0 Å². The fourth-order valence-electron chi connectivity index (χ4n) is 2.94. The number of rotatable bonds is 8. The van der Waals surface area contributed by atoms with Crippen LogP contribution in [-0.4, -0.2) is 49.2 Å². The molecular formula is C16H32N2O2. The second kappa shape index (κ2) is 8.63. The highest BCUT2D eigenvalue weighted by Crippen LogP contribution is 2.21. The molecule has 0 aromatic rings. The van der Waals surface area contributed by atoms with Crippen LogP contribution in [0.1, 0.15) is 53.4 Å². The van der Waals surface area contributed by atoms with E-state index in [2.05, 4.69) is 17.1 Å². The number of carbonyl (C=O) groups is 1. The first-order valence-corrected chi connectivity index (χ1v) is 8.20. The van der Waals surface area contributed by atoms with Gasteiger partial charge in [0.2, 0.25) is 0 Å². The van der Waals surface area contributed by atoms with Gasteiger partial charge in [-0.25, -0.2) is 0 Å². The zero-order valence-electron chi connectivity index (χ0n) is 13.7. The van der Waals surface area contributed by atoms with Crippen LogP contribution in [0.2, 0.25) is 0 Å². The Bertz CT molecular complexity index is 288. The van der Waals surface area contributed by atoms with Gasteiger partial charge in [0.1, 0.15) is 5.54 Å². The maximum atomic E-state index is 12.1. The summed E-state index contributed by atoms with van der Waals surface area (Å²) in [5.41, 5.74) is -0.549. The van der Waals surface area contributed by atoms with Crippen LogP contribution in [0.15, 0.2) is 0 Å². The van der Waals surface area contributed by atoms with Crippen molar-refractivity contribution in [1.29, 1.82) is 0 Å². The molecule has 0 saturated carbocycles. The fourth-order valence-corrected chi connectivity index (χ4v) is 2.94. The predicted molar refractivity (Wildman–Crippen MR) is 82.8 cm³/mol. The van der Waals surface area contributed by atoms with Crippen molar-refractivity contribution >= 4 is 5.97 Å². The molecule has 0 spiro atoms. The van der Waals surface area contributed by atoms with E-state index in [-0.39, 0.29) is 5.97 Å². The van der Waals surface area contributed by atoms with Gasteiger partial charge in [-0.05, 0) is 58.7 Å². The topological polar surface area (TPSA) is 41.6 Å². The highest BCUT2D eigenvalue weighted by molar-refractivity contribution is 5.80. The molecule has 1 heterocycles. The number of esters is 1. The largest absolute Gasteiger partial charge is 0.465 e. The quantitative estimate of drug-likeness (QED) is 0.695. The number of likely N-dealkylation sites (tertiary alicyclic amines) is 1. The first-order valence-electron chi connectivity index (χ1n) is 8.20. The Morgan fingerprint density at radius 3 is 2.45 bits per heavy atom. The van der Waals surface area contributed by atoms with Crippen molar-refractivity contribution in [3.05, 3.63) is 0 Å². The van der Waals surface area contributed by atoms with E-state index in [1.54, 1.807) is 0 Å². The number of nitrogens with zero attached hydrogens (tertiary/aromatic N) is 1. The zero-order chi connectivity index (χ0) is 15.0. The lowest BCUT2D eigenvalue weighted by molar-refractivity contribution is -0.151. The Morgan fingerprint density at radius 1 is 1.30 bits per heavy atom. The lowest BCUT2D eigenvalue weighted by atomic mass is 9.93. The molecule has 1 N–H and O–H groups in total. The van der Waals surface area contributed by atoms with E-state index in [9.17, 15) is 4.79 Å². The molecule has 4 heteroatoms. The third kappa shape index (κ3) is 5.06. The summed E-state index contributed by atoms with van der Waals surface area (Å²) in [5, 5.41) is 3.30. The van der Waals surface area contributed by atoms with E-state index >= 15 is 0 Å². The minimum Gasteiger partial charge on any atom is -0.465 e. The zero-order valence-corrected chi connectivity index (χ0v) is 13.7. The molecule has 0 bridgehead atoms. The van der Waals surface area contributed by atoms with E-state index < -0.39 is 5.54 Å². The molecule has 1 atom stereocenters. The van der Waals surface area contributed by atoms with Gasteiger partial charge in [-0.15, -0.1) is 0 Å². The molecule has 4 nitrogen and oxygen atoms in total.